The van der Waals surface area contributed by atoms with Crippen molar-refractivity contribution in [3.8, 4) is 23.8 Å². The summed E-state index contributed by atoms with van der Waals surface area (Å²) in [7, 11) is 0. The fourth-order valence-corrected chi connectivity index (χ4v) is 3.27. The maximum Gasteiger partial charge on any atom is 0.262 e. The lowest BCUT2D eigenvalue weighted by atomic mass is 10.0. The van der Waals surface area contributed by atoms with Gasteiger partial charge in [0.05, 0.1) is 17.8 Å². The van der Waals surface area contributed by atoms with Crippen molar-refractivity contribution in [3.05, 3.63) is 57.6 Å². The number of benzene rings is 2. The van der Waals surface area contributed by atoms with Crippen LogP contribution in [0.15, 0.2) is 41.5 Å². The maximum atomic E-state index is 12.7. The van der Waals surface area contributed by atoms with E-state index in [1.54, 1.807) is 30.3 Å². The van der Waals surface area contributed by atoms with Crippen molar-refractivity contribution in [2.24, 2.45) is 11.0 Å². The van der Waals surface area contributed by atoms with Crippen LogP contribution < -0.4 is 20.2 Å². The van der Waals surface area contributed by atoms with Crippen molar-refractivity contribution in [2.45, 2.75) is 26.8 Å². The SMILES string of the molecule is C#CCOc1c(Cl)cc(/C=N/NC(=O)C(NC(=O)c2cccc(Cl)c2)C(C)C)cc1OCC. The highest BCUT2D eigenvalue weighted by molar-refractivity contribution is 6.32. The summed E-state index contributed by atoms with van der Waals surface area (Å²) in [5.74, 6) is 2.05. The van der Waals surface area contributed by atoms with E-state index in [4.69, 9.17) is 39.1 Å². The Morgan fingerprint density at radius 1 is 1.21 bits per heavy atom. The zero-order valence-electron chi connectivity index (χ0n) is 18.5. The molecule has 0 saturated heterocycles. The van der Waals surface area contributed by atoms with Crippen LogP contribution in [0.1, 0.15) is 36.7 Å². The van der Waals surface area contributed by atoms with Gasteiger partial charge in [-0.3, -0.25) is 9.59 Å². The van der Waals surface area contributed by atoms with Crippen molar-refractivity contribution in [1.82, 2.24) is 10.7 Å². The number of nitrogens with zero attached hydrogens (tertiary/aromatic N) is 1. The third-order valence-electron chi connectivity index (χ3n) is 4.34. The molecule has 0 aliphatic carbocycles. The Bertz CT molecular complexity index is 1060. The van der Waals surface area contributed by atoms with E-state index in [0.717, 1.165) is 0 Å². The Labute approximate surface area is 203 Å². The number of carbonyl (C=O) groups is 2. The average Bonchev–Trinajstić information content (AvgIpc) is 2.76. The van der Waals surface area contributed by atoms with Crippen molar-refractivity contribution in [2.75, 3.05) is 13.2 Å². The monoisotopic (exact) mass is 489 g/mol. The normalized spacial score (nSPS) is 11.7. The first-order valence-electron chi connectivity index (χ1n) is 10.2. The van der Waals surface area contributed by atoms with Crippen LogP contribution >= 0.6 is 23.2 Å². The molecule has 2 aromatic rings. The molecule has 0 bridgehead atoms. The van der Waals surface area contributed by atoms with Crippen LogP contribution in [0.2, 0.25) is 10.0 Å². The second-order valence-electron chi connectivity index (χ2n) is 7.20. The third kappa shape index (κ3) is 7.70. The molecule has 1 atom stereocenters. The topological polar surface area (TPSA) is 89.0 Å². The minimum Gasteiger partial charge on any atom is -0.490 e. The van der Waals surface area contributed by atoms with Gasteiger partial charge in [-0.2, -0.15) is 5.10 Å². The number of rotatable bonds is 10. The molecular formula is C24H25Cl2N3O4. The first-order valence-corrected chi connectivity index (χ1v) is 10.9. The number of carbonyl (C=O) groups excluding carboxylic acids is 2. The molecule has 0 aliphatic heterocycles. The van der Waals surface area contributed by atoms with E-state index in [2.05, 4.69) is 21.8 Å². The van der Waals surface area contributed by atoms with Gasteiger partial charge >= 0.3 is 0 Å². The third-order valence-corrected chi connectivity index (χ3v) is 4.86. The van der Waals surface area contributed by atoms with Gasteiger partial charge < -0.3 is 14.8 Å². The van der Waals surface area contributed by atoms with Gasteiger partial charge in [-0.25, -0.2) is 5.43 Å². The number of terminal acetylenes is 1. The quantitative estimate of drug-likeness (QED) is 0.295. The molecular weight excluding hydrogens is 465 g/mol. The van der Waals surface area contributed by atoms with Gasteiger partial charge in [-0.1, -0.05) is 49.0 Å². The van der Waals surface area contributed by atoms with Crippen molar-refractivity contribution in [1.29, 1.82) is 0 Å². The fourth-order valence-electron chi connectivity index (χ4n) is 2.81. The number of hydrogen-bond donors (Lipinski definition) is 2. The lowest BCUT2D eigenvalue weighted by molar-refractivity contribution is -0.123. The summed E-state index contributed by atoms with van der Waals surface area (Å²) in [6, 6.07) is 8.93. The lowest BCUT2D eigenvalue weighted by Crippen LogP contribution is -2.48. The summed E-state index contributed by atoms with van der Waals surface area (Å²) in [5, 5.41) is 7.42. The molecule has 174 valence electrons. The highest BCUT2D eigenvalue weighted by Crippen LogP contribution is 2.36. The van der Waals surface area contributed by atoms with E-state index in [-0.39, 0.29) is 17.5 Å². The van der Waals surface area contributed by atoms with Gasteiger partial charge in [0, 0.05) is 10.6 Å². The molecule has 1 unspecified atom stereocenters. The summed E-state index contributed by atoms with van der Waals surface area (Å²) in [4.78, 5) is 25.2. The van der Waals surface area contributed by atoms with Crippen molar-refractivity contribution in [3.63, 3.8) is 0 Å². The Morgan fingerprint density at radius 2 is 1.97 bits per heavy atom. The molecule has 2 amide bonds. The zero-order valence-corrected chi connectivity index (χ0v) is 20.0. The summed E-state index contributed by atoms with van der Waals surface area (Å²) in [6.07, 6.45) is 6.65. The molecule has 0 saturated carbocycles. The molecule has 7 nitrogen and oxygen atoms in total. The molecule has 0 heterocycles. The number of hydrazone groups is 1. The van der Waals surface area contributed by atoms with Crippen LogP contribution in [-0.2, 0) is 4.79 Å². The largest absolute Gasteiger partial charge is 0.490 e. The lowest BCUT2D eigenvalue weighted by Gasteiger charge is -2.20. The van der Waals surface area contributed by atoms with Gasteiger partial charge in [-0.05, 0) is 48.7 Å². The van der Waals surface area contributed by atoms with Crippen LogP contribution in [0.3, 0.4) is 0 Å². The molecule has 2 N–H and O–H groups in total. The molecule has 0 spiro atoms. The standard InChI is InChI=1S/C24H25Cl2N3O4/c1-5-10-33-22-19(26)11-16(12-20(22)32-6-2)14-27-29-24(31)21(15(3)4)28-23(30)17-8-7-9-18(25)13-17/h1,7-9,11-15,21H,6,10H2,2-4H3,(H,28,30)(H,29,31)/b27-14+. The van der Waals surface area contributed by atoms with E-state index in [0.29, 0.717) is 34.3 Å². The van der Waals surface area contributed by atoms with Crippen molar-refractivity contribution < 1.29 is 19.1 Å². The number of hydrogen-bond acceptors (Lipinski definition) is 5. The molecule has 0 aliphatic rings. The minimum atomic E-state index is -0.809. The Morgan fingerprint density at radius 3 is 2.61 bits per heavy atom. The maximum absolute atomic E-state index is 12.7. The highest BCUT2D eigenvalue weighted by Gasteiger charge is 2.24. The highest BCUT2D eigenvalue weighted by atomic mass is 35.5. The van der Waals surface area contributed by atoms with Crippen LogP contribution in [0.5, 0.6) is 11.5 Å². The van der Waals surface area contributed by atoms with Crippen LogP contribution in [0.25, 0.3) is 0 Å². The molecule has 2 aromatic carbocycles. The van der Waals surface area contributed by atoms with Gasteiger partial charge in [0.2, 0.25) is 0 Å². The number of ether oxygens (including phenoxy) is 2. The molecule has 0 radical (unpaired) electrons. The van der Waals surface area contributed by atoms with E-state index in [9.17, 15) is 9.59 Å². The van der Waals surface area contributed by atoms with Gasteiger partial charge in [-0.15, -0.1) is 6.42 Å². The van der Waals surface area contributed by atoms with Crippen molar-refractivity contribution >= 4 is 41.2 Å². The summed E-state index contributed by atoms with van der Waals surface area (Å²) in [5.41, 5.74) is 3.38. The van der Waals surface area contributed by atoms with Crippen LogP contribution in [0, 0.1) is 18.3 Å². The predicted octanol–water partition coefficient (Wildman–Crippen LogP) is 4.31. The Kier molecular flexibility index (Phi) is 10.0. The first kappa shape index (κ1) is 26.0. The van der Waals surface area contributed by atoms with Gasteiger partial charge in [0.25, 0.3) is 11.8 Å². The smallest absolute Gasteiger partial charge is 0.262 e. The molecule has 0 fully saturated rings. The minimum absolute atomic E-state index is 0.0424. The fraction of sp³-hybridized carbons (Fsp3) is 0.292. The molecule has 0 aromatic heterocycles. The van der Waals surface area contributed by atoms with Crippen LogP contribution in [-0.4, -0.2) is 37.3 Å². The van der Waals surface area contributed by atoms with Gasteiger partial charge in [0.1, 0.15) is 12.6 Å². The molecule has 2 rings (SSSR count). The number of amides is 2. The summed E-state index contributed by atoms with van der Waals surface area (Å²) >= 11 is 12.2. The summed E-state index contributed by atoms with van der Waals surface area (Å²) < 4.78 is 11.0. The molecule has 33 heavy (non-hydrogen) atoms. The van der Waals surface area contributed by atoms with Crippen LogP contribution in [0.4, 0.5) is 0 Å². The predicted molar refractivity (Wildman–Crippen MR) is 130 cm³/mol. The van der Waals surface area contributed by atoms with E-state index >= 15 is 0 Å². The van der Waals surface area contributed by atoms with Gasteiger partial charge in [0.15, 0.2) is 11.5 Å². The second kappa shape index (κ2) is 12.7. The number of nitrogens with one attached hydrogen (secondary N) is 2. The first-order chi connectivity index (χ1) is 15.8. The molecule has 9 heteroatoms. The average molecular weight is 490 g/mol. The van der Waals surface area contributed by atoms with E-state index in [1.165, 1.54) is 12.3 Å². The van der Waals surface area contributed by atoms with E-state index in [1.807, 2.05) is 20.8 Å². The zero-order chi connectivity index (χ0) is 24.4. The van der Waals surface area contributed by atoms with E-state index < -0.39 is 17.9 Å². The second-order valence-corrected chi connectivity index (χ2v) is 8.04. The Hall–Kier alpha value is -3.21. The number of halogens is 2. The summed E-state index contributed by atoms with van der Waals surface area (Å²) in [6.45, 7) is 5.89. The Balaban J connectivity index is 2.11.